The second-order valence-electron chi connectivity index (χ2n) is 8.01. The molecule has 30 heavy (non-hydrogen) atoms. The Morgan fingerprint density at radius 3 is 2.93 bits per heavy atom. The van der Waals surface area contributed by atoms with E-state index in [0.29, 0.717) is 31.0 Å². The van der Waals surface area contributed by atoms with Gasteiger partial charge in [0.2, 0.25) is 11.8 Å². The Morgan fingerprint density at radius 2 is 2.13 bits per heavy atom. The van der Waals surface area contributed by atoms with Crippen molar-refractivity contribution in [3.8, 4) is 0 Å². The number of rotatable bonds is 5. The van der Waals surface area contributed by atoms with Crippen LogP contribution in [-0.2, 0) is 22.7 Å². The van der Waals surface area contributed by atoms with Crippen LogP contribution in [0.4, 0.5) is 5.13 Å². The van der Waals surface area contributed by atoms with Crippen LogP contribution in [0.15, 0.2) is 23.6 Å². The summed E-state index contributed by atoms with van der Waals surface area (Å²) in [5.41, 5.74) is 3.68. The average molecular weight is 426 g/mol. The molecular formula is C21H23N5O3S. The average Bonchev–Trinajstić information content (AvgIpc) is 3.47. The minimum absolute atomic E-state index is 0.147. The van der Waals surface area contributed by atoms with Crippen LogP contribution in [0.5, 0.6) is 0 Å². The van der Waals surface area contributed by atoms with E-state index in [2.05, 4.69) is 21.3 Å². The van der Waals surface area contributed by atoms with Crippen LogP contribution in [0, 0.1) is 0 Å². The maximum atomic E-state index is 12.9. The minimum atomic E-state index is -0.581. The Labute approximate surface area is 178 Å². The van der Waals surface area contributed by atoms with Crippen molar-refractivity contribution in [2.45, 2.75) is 44.3 Å². The molecule has 2 saturated heterocycles. The molecule has 1 aromatic carbocycles. The fourth-order valence-corrected chi connectivity index (χ4v) is 5.14. The van der Waals surface area contributed by atoms with Crippen LogP contribution < -0.4 is 16.0 Å². The molecule has 3 aliphatic heterocycles. The number of carbonyl (C=O) groups is 3. The van der Waals surface area contributed by atoms with Gasteiger partial charge in [-0.05, 0) is 36.6 Å². The van der Waals surface area contributed by atoms with Crippen molar-refractivity contribution >= 4 is 34.2 Å². The van der Waals surface area contributed by atoms with E-state index in [9.17, 15) is 14.4 Å². The first kappa shape index (κ1) is 19.2. The molecule has 4 heterocycles. The van der Waals surface area contributed by atoms with Crippen LogP contribution in [0.2, 0.25) is 0 Å². The first-order chi connectivity index (χ1) is 14.6. The number of nitrogens with zero attached hydrogens (tertiary/aromatic N) is 2. The van der Waals surface area contributed by atoms with E-state index in [1.165, 1.54) is 0 Å². The number of fused-ring (bicyclic) bond motifs is 1. The van der Waals surface area contributed by atoms with Gasteiger partial charge in [-0.1, -0.05) is 12.1 Å². The molecule has 3 aliphatic rings. The molecular weight excluding hydrogens is 402 g/mol. The highest BCUT2D eigenvalue weighted by molar-refractivity contribution is 7.13. The Morgan fingerprint density at radius 1 is 1.23 bits per heavy atom. The van der Waals surface area contributed by atoms with Crippen molar-refractivity contribution in [1.82, 2.24) is 20.5 Å². The smallest absolute Gasteiger partial charge is 0.255 e. The second kappa shape index (κ2) is 7.81. The zero-order chi connectivity index (χ0) is 20.7. The number of nitrogens with one attached hydrogen (secondary N) is 3. The molecule has 0 aliphatic carbocycles. The van der Waals surface area contributed by atoms with Crippen molar-refractivity contribution in [3.63, 3.8) is 0 Å². The Bertz CT molecular complexity index is 1010. The monoisotopic (exact) mass is 425 g/mol. The van der Waals surface area contributed by atoms with E-state index in [1.54, 1.807) is 16.2 Å². The Hall–Kier alpha value is -2.78. The predicted octanol–water partition coefficient (Wildman–Crippen LogP) is 1.59. The quantitative estimate of drug-likeness (QED) is 0.629. The summed E-state index contributed by atoms with van der Waals surface area (Å²) in [6.07, 6.45) is 1.76. The van der Waals surface area contributed by atoms with Gasteiger partial charge < -0.3 is 15.5 Å². The van der Waals surface area contributed by atoms with Crippen LogP contribution in [0.3, 0.4) is 0 Å². The number of imide groups is 1. The molecule has 0 saturated carbocycles. The summed E-state index contributed by atoms with van der Waals surface area (Å²) in [4.78, 5) is 42.8. The minimum Gasteiger partial charge on any atom is -0.357 e. The fourth-order valence-electron chi connectivity index (χ4n) is 4.35. The van der Waals surface area contributed by atoms with E-state index in [-0.39, 0.29) is 24.1 Å². The van der Waals surface area contributed by atoms with Crippen molar-refractivity contribution < 1.29 is 14.4 Å². The molecule has 1 aromatic heterocycles. The van der Waals surface area contributed by atoms with Crippen molar-refractivity contribution in [3.05, 3.63) is 46.0 Å². The Balaban J connectivity index is 1.25. The van der Waals surface area contributed by atoms with E-state index in [0.717, 1.165) is 41.5 Å². The predicted molar refractivity (Wildman–Crippen MR) is 112 cm³/mol. The number of thiazole rings is 1. The Kier molecular flexibility index (Phi) is 5.00. The third-order valence-corrected chi connectivity index (χ3v) is 6.86. The molecule has 2 unspecified atom stereocenters. The number of hydrogen-bond donors (Lipinski definition) is 3. The summed E-state index contributed by atoms with van der Waals surface area (Å²) in [6, 6.07) is 5.27. The third kappa shape index (κ3) is 3.59. The summed E-state index contributed by atoms with van der Waals surface area (Å²) in [5, 5.41) is 12.1. The maximum Gasteiger partial charge on any atom is 0.255 e. The van der Waals surface area contributed by atoms with Gasteiger partial charge in [0.05, 0.1) is 5.69 Å². The molecule has 2 atom stereocenters. The van der Waals surface area contributed by atoms with Gasteiger partial charge in [0, 0.05) is 42.9 Å². The van der Waals surface area contributed by atoms with E-state index in [1.807, 2.05) is 18.2 Å². The summed E-state index contributed by atoms with van der Waals surface area (Å²) in [5.74, 6) is -0.311. The van der Waals surface area contributed by atoms with Gasteiger partial charge in [-0.2, -0.15) is 0 Å². The molecule has 0 spiro atoms. The number of anilines is 1. The highest BCUT2D eigenvalue weighted by Crippen LogP contribution is 2.29. The van der Waals surface area contributed by atoms with E-state index >= 15 is 0 Å². The molecule has 0 bridgehead atoms. The second-order valence-corrected chi connectivity index (χ2v) is 8.87. The molecule has 0 radical (unpaired) electrons. The molecule has 2 fully saturated rings. The number of benzene rings is 1. The van der Waals surface area contributed by atoms with Gasteiger partial charge >= 0.3 is 0 Å². The SMILES string of the molecule is O=C1CCC(N2Cc3ccc(CNc4nc(C5CCNC5)cs4)cc3C2=O)C(=O)N1. The standard InChI is InChI=1S/C21H23N5O3S/c27-18-4-3-17(19(28)25-18)26-10-14-2-1-12(7-15(14)20(26)29)8-23-21-24-16(11-30-21)13-5-6-22-9-13/h1-2,7,11,13,17,22H,3-6,8-10H2,(H,23,24)(H,25,27,28). The zero-order valence-electron chi connectivity index (χ0n) is 16.4. The normalized spacial score (nSPS) is 23.6. The number of amides is 3. The molecule has 8 nitrogen and oxygen atoms in total. The first-order valence-corrected chi connectivity index (χ1v) is 11.1. The summed E-state index contributed by atoms with van der Waals surface area (Å²) >= 11 is 1.60. The molecule has 9 heteroatoms. The first-order valence-electron chi connectivity index (χ1n) is 10.2. The molecule has 2 aromatic rings. The highest BCUT2D eigenvalue weighted by atomic mass is 32.1. The van der Waals surface area contributed by atoms with Gasteiger partial charge in [0.25, 0.3) is 5.91 Å². The highest BCUT2D eigenvalue weighted by Gasteiger charge is 2.39. The topological polar surface area (TPSA) is 103 Å². The van der Waals surface area contributed by atoms with E-state index in [4.69, 9.17) is 4.98 Å². The van der Waals surface area contributed by atoms with Gasteiger partial charge in [-0.3, -0.25) is 19.7 Å². The van der Waals surface area contributed by atoms with Gasteiger partial charge in [0.1, 0.15) is 6.04 Å². The summed E-state index contributed by atoms with van der Waals surface area (Å²) in [6.45, 7) is 3.01. The molecule has 3 amide bonds. The number of piperidine rings is 1. The lowest BCUT2D eigenvalue weighted by atomic mass is 10.0. The fraction of sp³-hybridized carbons (Fsp3) is 0.429. The lowest BCUT2D eigenvalue weighted by Gasteiger charge is -2.29. The lowest BCUT2D eigenvalue weighted by Crippen LogP contribution is -2.52. The van der Waals surface area contributed by atoms with Gasteiger partial charge in [-0.15, -0.1) is 11.3 Å². The van der Waals surface area contributed by atoms with Crippen LogP contribution in [-0.4, -0.2) is 46.7 Å². The van der Waals surface area contributed by atoms with Crippen LogP contribution >= 0.6 is 11.3 Å². The van der Waals surface area contributed by atoms with E-state index < -0.39 is 6.04 Å². The van der Waals surface area contributed by atoms with Crippen molar-refractivity contribution in [2.75, 3.05) is 18.4 Å². The lowest BCUT2D eigenvalue weighted by molar-refractivity contribution is -0.136. The molecule has 5 rings (SSSR count). The maximum absolute atomic E-state index is 12.9. The van der Waals surface area contributed by atoms with Gasteiger partial charge in [0.15, 0.2) is 5.13 Å². The van der Waals surface area contributed by atoms with Crippen molar-refractivity contribution in [1.29, 1.82) is 0 Å². The van der Waals surface area contributed by atoms with Gasteiger partial charge in [-0.25, -0.2) is 4.98 Å². The number of hydrogen-bond acceptors (Lipinski definition) is 7. The third-order valence-electron chi connectivity index (χ3n) is 6.04. The molecule has 3 N–H and O–H groups in total. The molecule has 156 valence electrons. The van der Waals surface area contributed by atoms with Crippen molar-refractivity contribution in [2.24, 2.45) is 0 Å². The summed E-state index contributed by atoms with van der Waals surface area (Å²) in [7, 11) is 0. The van der Waals surface area contributed by atoms with Crippen LogP contribution in [0.25, 0.3) is 0 Å². The number of carbonyl (C=O) groups excluding carboxylic acids is 3. The number of aromatic nitrogens is 1. The zero-order valence-corrected chi connectivity index (χ0v) is 17.3. The van der Waals surface area contributed by atoms with Crippen LogP contribution in [0.1, 0.15) is 52.4 Å². The largest absolute Gasteiger partial charge is 0.357 e. The summed E-state index contributed by atoms with van der Waals surface area (Å²) < 4.78 is 0.